The largest absolute Gasteiger partial charge is 0.489 e. The van der Waals surface area contributed by atoms with Gasteiger partial charge in [-0.2, -0.15) is 0 Å². The summed E-state index contributed by atoms with van der Waals surface area (Å²) in [4.78, 5) is 0. The predicted molar refractivity (Wildman–Crippen MR) is 76.2 cm³/mol. The van der Waals surface area contributed by atoms with Crippen LogP contribution >= 0.6 is 0 Å². The van der Waals surface area contributed by atoms with Crippen molar-refractivity contribution in [2.24, 2.45) is 0 Å². The van der Waals surface area contributed by atoms with Gasteiger partial charge in [0.2, 0.25) is 0 Å². The van der Waals surface area contributed by atoms with Crippen LogP contribution < -0.4 is 10.1 Å². The smallest absolute Gasteiger partial charge is 0.154 e. The number of sulfone groups is 1. The van der Waals surface area contributed by atoms with Gasteiger partial charge in [-0.3, -0.25) is 0 Å². The van der Waals surface area contributed by atoms with Gasteiger partial charge < -0.3 is 10.1 Å². The molecule has 1 aliphatic rings. The summed E-state index contributed by atoms with van der Waals surface area (Å²) in [6.45, 7) is 5.08. The van der Waals surface area contributed by atoms with Crippen molar-refractivity contribution in [2.45, 2.75) is 32.4 Å². The zero-order chi connectivity index (χ0) is 13.9. The summed E-state index contributed by atoms with van der Waals surface area (Å²) in [6, 6.07) is 8.12. The van der Waals surface area contributed by atoms with Crippen LogP contribution in [0.4, 0.5) is 0 Å². The fourth-order valence-corrected chi connectivity index (χ4v) is 3.92. The van der Waals surface area contributed by atoms with E-state index in [-0.39, 0.29) is 23.7 Å². The third-order valence-electron chi connectivity index (χ3n) is 3.36. The Kier molecular flexibility index (Phi) is 4.47. The highest BCUT2D eigenvalue weighted by Crippen LogP contribution is 2.23. The van der Waals surface area contributed by atoms with Crippen LogP contribution in [0.25, 0.3) is 0 Å². The van der Waals surface area contributed by atoms with Crippen LogP contribution in [0.1, 0.15) is 31.9 Å². The van der Waals surface area contributed by atoms with Crippen LogP contribution in [-0.4, -0.2) is 32.6 Å². The van der Waals surface area contributed by atoms with Gasteiger partial charge >= 0.3 is 0 Å². The maximum atomic E-state index is 11.4. The number of nitrogens with one attached hydrogen (secondary N) is 1. The van der Waals surface area contributed by atoms with Crippen LogP contribution in [-0.2, 0) is 9.84 Å². The highest BCUT2D eigenvalue weighted by Gasteiger charge is 2.29. The average molecular weight is 283 g/mol. The number of benzene rings is 1. The molecule has 0 spiro atoms. The molecule has 5 heteroatoms. The molecule has 2 rings (SSSR count). The monoisotopic (exact) mass is 283 g/mol. The molecule has 0 aromatic heterocycles. The predicted octanol–water partition coefficient (Wildman–Crippen LogP) is 1.92. The van der Waals surface area contributed by atoms with Gasteiger partial charge in [0, 0.05) is 6.04 Å². The number of hydrogen-bond acceptors (Lipinski definition) is 4. The molecule has 19 heavy (non-hydrogen) atoms. The lowest BCUT2D eigenvalue weighted by atomic mass is 10.1. The van der Waals surface area contributed by atoms with E-state index in [9.17, 15) is 8.42 Å². The Morgan fingerprint density at radius 2 is 2.26 bits per heavy atom. The van der Waals surface area contributed by atoms with Crippen molar-refractivity contribution < 1.29 is 13.2 Å². The van der Waals surface area contributed by atoms with Crippen molar-refractivity contribution >= 4 is 9.84 Å². The molecule has 1 aromatic rings. The van der Waals surface area contributed by atoms with Crippen LogP contribution in [0.3, 0.4) is 0 Å². The van der Waals surface area contributed by atoms with Gasteiger partial charge in [-0.25, -0.2) is 8.42 Å². The summed E-state index contributed by atoms with van der Waals surface area (Å²) in [5, 5.41) is 3.34. The van der Waals surface area contributed by atoms with E-state index >= 15 is 0 Å². The van der Waals surface area contributed by atoms with E-state index in [1.807, 2.05) is 24.3 Å². The summed E-state index contributed by atoms with van der Waals surface area (Å²) in [5.74, 6) is 1.13. The summed E-state index contributed by atoms with van der Waals surface area (Å²) in [7, 11) is -2.89. The van der Waals surface area contributed by atoms with Crippen LogP contribution in [0.15, 0.2) is 24.3 Å². The highest BCUT2D eigenvalue weighted by molar-refractivity contribution is 7.91. The minimum absolute atomic E-state index is 0.139. The first-order valence-corrected chi connectivity index (χ1v) is 8.53. The molecule has 106 valence electrons. The first-order chi connectivity index (χ1) is 9.00. The Labute approximate surface area is 115 Å². The Bertz CT molecular complexity index is 527. The SMILES string of the molecule is CCNC(C)c1cccc(OC2CCS(=O)(=O)C2)c1. The summed E-state index contributed by atoms with van der Waals surface area (Å²) in [5.41, 5.74) is 1.15. The minimum Gasteiger partial charge on any atom is -0.489 e. The van der Waals surface area contributed by atoms with Crippen molar-refractivity contribution in [2.75, 3.05) is 18.1 Å². The Balaban J connectivity index is 2.03. The van der Waals surface area contributed by atoms with Gasteiger partial charge in [-0.05, 0) is 37.6 Å². The second-order valence-electron chi connectivity index (χ2n) is 4.99. The lowest BCUT2D eigenvalue weighted by Gasteiger charge is -2.16. The van der Waals surface area contributed by atoms with Gasteiger partial charge in [-0.1, -0.05) is 19.1 Å². The van der Waals surface area contributed by atoms with Gasteiger partial charge in [0.05, 0.1) is 11.5 Å². The molecular weight excluding hydrogens is 262 g/mol. The number of ether oxygens (including phenoxy) is 1. The van der Waals surface area contributed by atoms with Gasteiger partial charge in [0.15, 0.2) is 9.84 Å². The second-order valence-corrected chi connectivity index (χ2v) is 7.22. The van der Waals surface area contributed by atoms with Crippen molar-refractivity contribution in [3.05, 3.63) is 29.8 Å². The quantitative estimate of drug-likeness (QED) is 0.897. The molecule has 0 amide bonds. The average Bonchev–Trinajstić information content (AvgIpc) is 2.69. The van der Waals surface area contributed by atoms with E-state index in [0.717, 1.165) is 17.9 Å². The fourth-order valence-electron chi connectivity index (χ4n) is 2.33. The third kappa shape index (κ3) is 3.94. The molecule has 0 aliphatic carbocycles. The zero-order valence-corrected chi connectivity index (χ0v) is 12.2. The van der Waals surface area contributed by atoms with Crippen LogP contribution in [0, 0.1) is 0 Å². The highest BCUT2D eigenvalue weighted by atomic mass is 32.2. The molecule has 2 atom stereocenters. The molecule has 1 heterocycles. The zero-order valence-electron chi connectivity index (χ0n) is 11.4. The van der Waals surface area contributed by atoms with Gasteiger partial charge in [-0.15, -0.1) is 0 Å². The van der Waals surface area contributed by atoms with Crippen LogP contribution in [0.2, 0.25) is 0 Å². The Morgan fingerprint density at radius 3 is 2.89 bits per heavy atom. The first kappa shape index (κ1) is 14.3. The summed E-state index contributed by atoms with van der Waals surface area (Å²) >= 11 is 0. The molecule has 4 nitrogen and oxygen atoms in total. The molecule has 1 saturated heterocycles. The van der Waals surface area contributed by atoms with E-state index in [1.54, 1.807) is 0 Å². The summed E-state index contributed by atoms with van der Waals surface area (Å²) < 4.78 is 28.6. The van der Waals surface area contributed by atoms with Crippen molar-refractivity contribution in [3.63, 3.8) is 0 Å². The molecule has 0 saturated carbocycles. The lowest BCUT2D eigenvalue weighted by Crippen LogP contribution is -2.19. The molecule has 1 fully saturated rings. The van der Waals surface area contributed by atoms with E-state index < -0.39 is 9.84 Å². The maximum absolute atomic E-state index is 11.4. The van der Waals surface area contributed by atoms with Crippen molar-refractivity contribution in [3.8, 4) is 5.75 Å². The second kappa shape index (κ2) is 5.92. The topological polar surface area (TPSA) is 55.4 Å². The molecule has 1 N–H and O–H groups in total. The van der Waals surface area contributed by atoms with Gasteiger partial charge in [0.1, 0.15) is 11.9 Å². The van der Waals surface area contributed by atoms with E-state index in [1.165, 1.54) is 0 Å². The molecule has 1 aromatic carbocycles. The number of rotatable bonds is 5. The number of hydrogen-bond donors (Lipinski definition) is 1. The Hall–Kier alpha value is -1.07. The van der Waals surface area contributed by atoms with Gasteiger partial charge in [0.25, 0.3) is 0 Å². The minimum atomic E-state index is -2.89. The maximum Gasteiger partial charge on any atom is 0.154 e. The van der Waals surface area contributed by atoms with Crippen molar-refractivity contribution in [1.29, 1.82) is 0 Å². The molecule has 0 radical (unpaired) electrons. The van der Waals surface area contributed by atoms with E-state index in [0.29, 0.717) is 6.42 Å². The Morgan fingerprint density at radius 1 is 1.47 bits per heavy atom. The normalized spacial score (nSPS) is 23.2. The van der Waals surface area contributed by atoms with E-state index in [2.05, 4.69) is 19.2 Å². The molecule has 2 unspecified atom stereocenters. The first-order valence-electron chi connectivity index (χ1n) is 6.70. The standard InChI is InChI=1S/C14H21NO3S/c1-3-15-11(2)12-5-4-6-13(9-12)18-14-7-8-19(16,17)10-14/h4-6,9,11,14-15H,3,7-8,10H2,1-2H3. The lowest BCUT2D eigenvalue weighted by molar-refractivity contribution is 0.228. The third-order valence-corrected chi connectivity index (χ3v) is 5.10. The molecule has 1 aliphatic heterocycles. The van der Waals surface area contributed by atoms with Crippen LogP contribution in [0.5, 0.6) is 5.75 Å². The molecule has 0 bridgehead atoms. The summed E-state index contributed by atoms with van der Waals surface area (Å²) in [6.07, 6.45) is 0.393. The molecular formula is C14H21NO3S. The van der Waals surface area contributed by atoms with Crippen molar-refractivity contribution in [1.82, 2.24) is 5.32 Å². The van der Waals surface area contributed by atoms with E-state index in [4.69, 9.17) is 4.74 Å². The fraction of sp³-hybridized carbons (Fsp3) is 0.571.